The number of aromatic nitrogens is 2. The Morgan fingerprint density at radius 2 is 1.61 bits per heavy atom. The van der Waals surface area contributed by atoms with Gasteiger partial charge in [0.2, 0.25) is 0 Å². The summed E-state index contributed by atoms with van der Waals surface area (Å²) in [7, 11) is 1.80. The quantitative estimate of drug-likeness (QED) is 0.219. The van der Waals surface area contributed by atoms with Crippen molar-refractivity contribution in [3.05, 3.63) is 89.7 Å². The van der Waals surface area contributed by atoms with Gasteiger partial charge in [0.25, 0.3) is 0 Å². The van der Waals surface area contributed by atoms with Gasteiger partial charge in [-0.25, -0.2) is 0 Å². The predicted molar refractivity (Wildman–Crippen MR) is 126 cm³/mol. The highest BCUT2D eigenvalue weighted by molar-refractivity contribution is 14.0. The van der Waals surface area contributed by atoms with Crippen LogP contribution in [0.15, 0.2) is 78.0 Å². The molecule has 28 heavy (non-hydrogen) atoms. The number of hydrogen-bond donors (Lipinski definition) is 2. The summed E-state index contributed by atoms with van der Waals surface area (Å²) in [4.78, 5) is 4.29. The zero-order valence-corrected chi connectivity index (χ0v) is 18.5. The fraction of sp³-hybridized carbons (Fsp3) is 0.273. The summed E-state index contributed by atoms with van der Waals surface area (Å²) < 4.78 is 1.96. The lowest BCUT2D eigenvalue weighted by molar-refractivity contribution is 0.685. The summed E-state index contributed by atoms with van der Waals surface area (Å²) in [5.41, 5.74) is 3.75. The van der Waals surface area contributed by atoms with Crippen LogP contribution in [0.4, 0.5) is 0 Å². The molecule has 0 unspecified atom stereocenters. The summed E-state index contributed by atoms with van der Waals surface area (Å²) in [6.45, 7) is 2.38. The summed E-state index contributed by atoms with van der Waals surface area (Å²) in [5, 5.41) is 11.2. The number of halogens is 1. The molecule has 2 aromatic carbocycles. The van der Waals surface area contributed by atoms with Crippen LogP contribution in [-0.4, -0.2) is 29.3 Å². The van der Waals surface area contributed by atoms with Crippen LogP contribution < -0.4 is 10.6 Å². The second kappa shape index (κ2) is 12.2. The van der Waals surface area contributed by atoms with E-state index in [0.717, 1.165) is 37.5 Å². The van der Waals surface area contributed by atoms with Crippen molar-refractivity contribution >= 4 is 29.9 Å². The topological polar surface area (TPSA) is 54.2 Å². The van der Waals surface area contributed by atoms with Crippen LogP contribution in [0.1, 0.15) is 23.1 Å². The van der Waals surface area contributed by atoms with Crippen LogP contribution in [0, 0.1) is 0 Å². The van der Waals surface area contributed by atoms with Gasteiger partial charge in [0.05, 0.1) is 12.7 Å². The van der Waals surface area contributed by atoms with Gasteiger partial charge >= 0.3 is 0 Å². The lowest BCUT2D eigenvalue weighted by Crippen LogP contribution is -2.37. The number of aliphatic imine (C=N–C) groups is 1. The van der Waals surface area contributed by atoms with Crippen molar-refractivity contribution in [1.82, 2.24) is 20.4 Å². The predicted octanol–water partition coefficient (Wildman–Crippen LogP) is 3.85. The average molecular weight is 489 g/mol. The molecule has 1 aromatic heterocycles. The van der Waals surface area contributed by atoms with E-state index in [9.17, 15) is 0 Å². The monoisotopic (exact) mass is 489 g/mol. The molecule has 3 rings (SSSR count). The summed E-state index contributed by atoms with van der Waals surface area (Å²) in [6, 6.07) is 20.9. The number of hydrogen-bond acceptors (Lipinski definition) is 2. The SMILES string of the molecule is CN=C(NCCCc1ccccc1)NCc1cnn(Cc2ccccc2)c1.I. The van der Waals surface area contributed by atoms with Gasteiger partial charge in [-0.05, 0) is 24.0 Å². The fourth-order valence-electron chi connectivity index (χ4n) is 2.91. The molecule has 0 bridgehead atoms. The molecule has 0 aliphatic carbocycles. The molecule has 3 aromatic rings. The van der Waals surface area contributed by atoms with Crippen LogP contribution in [0.25, 0.3) is 0 Å². The zero-order chi connectivity index (χ0) is 18.7. The largest absolute Gasteiger partial charge is 0.356 e. The van der Waals surface area contributed by atoms with E-state index < -0.39 is 0 Å². The normalized spacial score (nSPS) is 11.0. The standard InChI is InChI=1S/C22H27N5.HI/c1-23-22(24-14-8-13-19-9-4-2-5-10-19)25-15-21-16-26-27(18-21)17-20-11-6-3-7-12-20;/h2-7,9-12,16,18H,8,13-15,17H2,1H3,(H2,23,24,25);1H. The van der Waals surface area contributed by atoms with Gasteiger partial charge in [-0.2, -0.15) is 5.10 Å². The highest BCUT2D eigenvalue weighted by Gasteiger charge is 2.02. The maximum absolute atomic E-state index is 4.44. The van der Waals surface area contributed by atoms with Gasteiger partial charge in [0.1, 0.15) is 0 Å². The van der Waals surface area contributed by atoms with E-state index in [2.05, 4.69) is 81.5 Å². The van der Waals surface area contributed by atoms with Crippen molar-refractivity contribution in [1.29, 1.82) is 0 Å². The van der Waals surface area contributed by atoms with Gasteiger partial charge in [-0.1, -0.05) is 60.7 Å². The van der Waals surface area contributed by atoms with Crippen LogP contribution in [0.5, 0.6) is 0 Å². The van der Waals surface area contributed by atoms with Crippen LogP contribution in [0.2, 0.25) is 0 Å². The van der Waals surface area contributed by atoms with Gasteiger partial charge < -0.3 is 10.6 Å². The van der Waals surface area contributed by atoms with Crippen molar-refractivity contribution < 1.29 is 0 Å². The van der Waals surface area contributed by atoms with E-state index in [0.29, 0.717) is 6.54 Å². The van der Waals surface area contributed by atoms with E-state index in [1.807, 2.05) is 16.9 Å². The van der Waals surface area contributed by atoms with Gasteiger partial charge in [0, 0.05) is 31.9 Å². The van der Waals surface area contributed by atoms with E-state index in [1.165, 1.54) is 11.1 Å². The Bertz CT molecular complexity index is 830. The van der Waals surface area contributed by atoms with E-state index in [-0.39, 0.29) is 24.0 Å². The van der Waals surface area contributed by atoms with Crippen molar-refractivity contribution in [3.63, 3.8) is 0 Å². The molecule has 0 radical (unpaired) electrons. The fourth-order valence-corrected chi connectivity index (χ4v) is 2.91. The Hall–Kier alpha value is -2.35. The minimum Gasteiger partial charge on any atom is -0.356 e. The average Bonchev–Trinajstić information content (AvgIpc) is 3.16. The minimum atomic E-state index is 0. The molecular formula is C22H28IN5. The Balaban J connectivity index is 0.00000280. The first-order valence-corrected chi connectivity index (χ1v) is 9.37. The van der Waals surface area contributed by atoms with Crippen LogP contribution in [-0.2, 0) is 19.5 Å². The highest BCUT2D eigenvalue weighted by Crippen LogP contribution is 2.04. The minimum absolute atomic E-state index is 0. The molecule has 148 valence electrons. The maximum atomic E-state index is 4.44. The smallest absolute Gasteiger partial charge is 0.191 e. The second-order valence-electron chi connectivity index (χ2n) is 6.47. The summed E-state index contributed by atoms with van der Waals surface area (Å²) in [5.74, 6) is 0.818. The molecule has 0 fully saturated rings. The third kappa shape index (κ3) is 7.34. The number of nitrogens with zero attached hydrogens (tertiary/aromatic N) is 3. The number of aryl methyl sites for hydroxylation is 1. The molecule has 1 heterocycles. The first-order chi connectivity index (χ1) is 13.3. The Labute approximate surface area is 184 Å². The third-order valence-corrected chi connectivity index (χ3v) is 4.34. The summed E-state index contributed by atoms with van der Waals surface area (Å²) in [6.07, 6.45) is 6.11. The lowest BCUT2D eigenvalue weighted by atomic mass is 10.1. The molecule has 6 heteroatoms. The molecule has 0 saturated heterocycles. The first-order valence-electron chi connectivity index (χ1n) is 9.37. The molecule has 5 nitrogen and oxygen atoms in total. The van der Waals surface area contributed by atoms with E-state index in [4.69, 9.17) is 0 Å². The number of rotatable bonds is 8. The highest BCUT2D eigenvalue weighted by atomic mass is 127. The third-order valence-electron chi connectivity index (χ3n) is 4.34. The van der Waals surface area contributed by atoms with Gasteiger partial charge in [-0.15, -0.1) is 24.0 Å². The van der Waals surface area contributed by atoms with Crippen LogP contribution >= 0.6 is 24.0 Å². The Morgan fingerprint density at radius 1 is 0.929 bits per heavy atom. The summed E-state index contributed by atoms with van der Waals surface area (Å²) >= 11 is 0. The Kier molecular flexibility index (Phi) is 9.54. The van der Waals surface area contributed by atoms with Gasteiger partial charge in [-0.3, -0.25) is 9.67 Å². The second-order valence-corrected chi connectivity index (χ2v) is 6.47. The number of nitrogens with one attached hydrogen (secondary N) is 2. The van der Waals surface area contributed by atoms with E-state index >= 15 is 0 Å². The molecule has 0 aliphatic heterocycles. The molecular weight excluding hydrogens is 461 g/mol. The molecule has 0 atom stereocenters. The zero-order valence-electron chi connectivity index (χ0n) is 16.2. The molecule has 0 saturated carbocycles. The molecule has 2 N–H and O–H groups in total. The van der Waals surface area contributed by atoms with Crippen molar-refractivity contribution in [2.24, 2.45) is 4.99 Å². The van der Waals surface area contributed by atoms with Gasteiger partial charge in [0.15, 0.2) is 5.96 Å². The Morgan fingerprint density at radius 3 is 2.29 bits per heavy atom. The number of guanidine groups is 1. The molecule has 0 aliphatic rings. The maximum Gasteiger partial charge on any atom is 0.191 e. The number of benzene rings is 2. The van der Waals surface area contributed by atoms with Crippen LogP contribution in [0.3, 0.4) is 0 Å². The first kappa shape index (κ1) is 21.9. The van der Waals surface area contributed by atoms with Crippen molar-refractivity contribution in [3.8, 4) is 0 Å². The van der Waals surface area contributed by atoms with Crippen molar-refractivity contribution in [2.75, 3.05) is 13.6 Å². The van der Waals surface area contributed by atoms with Crippen molar-refractivity contribution in [2.45, 2.75) is 25.9 Å². The van der Waals surface area contributed by atoms with E-state index in [1.54, 1.807) is 7.05 Å². The molecule has 0 amide bonds. The molecule has 0 spiro atoms. The lowest BCUT2D eigenvalue weighted by Gasteiger charge is -2.11.